The third-order valence-corrected chi connectivity index (χ3v) is 5.05. The lowest BCUT2D eigenvalue weighted by molar-refractivity contribution is 0.0939. The number of carbonyl (C=O) groups excluding carboxylic acids is 1. The van der Waals surface area contributed by atoms with Gasteiger partial charge in [0.15, 0.2) is 0 Å². The summed E-state index contributed by atoms with van der Waals surface area (Å²) >= 11 is 0. The highest BCUT2D eigenvalue weighted by atomic mass is 16.5. The molecule has 3 aromatic rings. The molecule has 7 heteroatoms. The molecular formula is C23H23N5O2. The van der Waals surface area contributed by atoms with E-state index in [0.29, 0.717) is 18.0 Å². The molecule has 0 atom stereocenters. The zero-order chi connectivity index (χ0) is 21.1. The van der Waals surface area contributed by atoms with Crippen LogP contribution in [0.1, 0.15) is 36.5 Å². The van der Waals surface area contributed by atoms with E-state index in [-0.39, 0.29) is 12.5 Å². The lowest BCUT2D eigenvalue weighted by atomic mass is 9.96. The number of fused-ring (bicyclic) bond motifs is 1. The molecule has 4 rings (SSSR count). The van der Waals surface area contributed by atoms with Gasteiger partial charge in [-0.1, -0.05) is 12.1 Å². The number of nitrogens with zero attached hydrogens (tertiary/aromatic N) is 3. The van der Waals surface area contributed by atoms with Crippen molar-refractivity contribution in [3.63, 3.8) is 0 Å². The summed E-state index contributed by atoms with van der Waals surface area (Å²) in [6, 6.07) is 11.6. The average molecular weight is 401 g/mol. The van der Waals surface area contributed by atoms with E-state index in [4.69, 9.17) is 10.00 Å². The van der Waals surface area contributed by atoms with Gasteiger partial charge in [-0.25, -0.2) is 9.97 Å². The maximum atomic E-state index is 12.5. The summed E-state index contributed by atoms with van der Waals surface area (Å²) < 4.78 is 5.38. The number of aromatic amines is 1. The molecule has 0 saturated heterocycles. The summed E-state index contributed by atoms with van der Waals surface area (Å²) in [7, 11) is 0. The van der Waals surface area contributed by atoms with E-state index in [2.05, 4.69) is 38.5 Å². The first-order chi connectivity index (χ1) is 14.4. The van der Waals surface area contributed by atoms with Crippen molar-refractivity contribution in [3.8, 4) is 17.3 Å². The van der Waals surface area contributed by atoms with Crippen LogP contribution >= 0.6 is 0 Å². The molecule has 30 heavy (non-hydrogen) atoms. The second-order valence-corrected chi connectivity index (χ2v) is 7.99. The van der Waals surface area contributed by atoms with Crippen LogP contribution < -0.4 is 5.32 Å². The minimum absolute atomic E-state index is 0.259. The van der Waals surface area contributed by atoms with Gasteiger partial charge in [-0.15, -0.1) is 0 Å². The Kier molecular flexibility index (Phi) is 5.34. The SMILES string of the molecule is CC(C)(C#N)CNC(=O)c1cccc(-c2cnc3[nH]c(C4=CCOCC4)cc3c2)n1. The number of carbonyl (C=O) groups is 1. The van der Waals surface area contributed by atoms with E-state index in [1.165, 1.54) is 5.57 Å². The number of nitrogens with one attached hydrogen (secondary N) is 2. The lowest BCUT2D eigenvalue weighted by Crippen LogP contribution is -2.33. The molecule has 0 fully saturated rings. The van der Waals surface area contributed by atoms with Gasteiger partial charge < -0.3 is 15.0 Å². The van der Waals surface area contributed by atoms with E-state index < -0.39 is 5.41 Å². The molecule has 0 bridgehead atoms. The minimum atomic E-state index is -0.631. The number of aromatic nitrogens is 3. The smallest absolute Gasteiger partial charge is 0.269 e. The molecule has 1 aliphatic heterocycles. The largest absolute Gasteiger partial charge is 0.377 e. The molecule has 2 N–H and O–H groups in total. The number of H-pyrrole nitrogens is 1. The first kappa shape index (κ1) is 19.8. The van der Waals surface area contributed by atoms with Gasteiger partial charge in [0.05, 0.1) is 30.4 Å². The maximum Gasteiger partial charge on any atom is 0.269 e. The lowest BCUT2D eigenvalue weighted by Gasteiger charge is -2.15. The predicted octanol–water partition coefficient (Wildman–Crippen LogP) is 3.71. The zero-order valence-corrected chi connectivity index (χ0v) is 17.0. The minimum Gasteiger partial charge on any atom is -0.377 e. The molecule has 0 aliphatic carbocycles. The summed E-state index contributed by atoms with van der Waals surface area (Å²) in [6.45, 7) is 5.17. The molecule has 0 spiro atoms. The summed E-state index contributed by atoms with van der Waals surface area (Å²) in [5, 5.41) is 12.9. The first-order valence-electron chi connectivity index (χ1n) is 9.88. The monoisotopic (exact) mass is 401 g/mol. The zero-order valence-electron chi connectivity index (χ0n) is 17.0. The fourth-order valence-corrected chi connectivity index (χ4v) is 3.25. The second-order valence-electron chi connectivity index (χ2n) is 7.99. The quantitative estimate of drug-likeness (QED) is 0.678. The van der Waals surface area contributed by atoms with E-state index in [0.717, 1.165) is 35.3 Å². The maximum absolute atomic E-state index is 12.5. The van der Waals surface area contributed by atoms with Gasteiger partial charge in [0.1, 0.15) is 11.3 Å². The fraction of sp³-hybridized carbons (Fsp3) is 0.304. The van der Waals surface area contributed by atoms with Crippen molar-refractivity contribution in [2.75, 3.05) is 19.8 Å². The molecular weight excluding hydrogens is 378 g/mol. The van der Waals surface area contributed by atoms with Crippen molar-refractivity contribution in [3.05, 3.63) is 54.0 Å². The van der Waals surface area contributed by atoms with Gasteiger partial charge in [-0.2, -0.15) is 5.26 Å². The normalized spacial score (nSPS) is 14.2. The first-order valence-corrected chi connectivity index (χ1v) is 9.88. The van der Waals surface area contributed by atoms with Crippen molar-refractivity contribution in [1.29, 1.82) is 5.26 Å². The van der Waals surface area contributed by atoms with Gasteiger partial charge in [0.25, 0.3) is 5.91 Å². The van der Waals surface area contributed by atoms with Gasteiger partial charge in [0.2, 0.25) is 0 Å². The van der Waals surface area contributed by atoms with Crippen LogP contribution in [-0.4, -0.2) is 40.6 Å². The van der Waals surface area contributed by atoms with Crippen molar-refractivity contribution in [1.82, 2.24) is 20.3 Å². The van der Waals surface area contributed by atoms with Crippen LogP contribution in [0.25, 0.3) is 27.9 Å². The van der Waals surface area contributed by atoms with E-state index >= 15 is 0 Å². The van der Waals surface area contributed by atoms with Crippen LogP contribution in [0, 0.1) is 16.7 Å². The number of amides is 1. The van der Waals surface area contributed by atoms with E-state index in [1.54, 1.807) is 32.2 Å². The number of hydrogen-bond donors (Lipinski definition) is 2. The number of hydrogen-bond acceptors (Lipinski definition) is 5. The molecule has 1 aliphatic rings. The van der Waals surface area contributed by atoms with Crippen molar-refractivity contribution in [2.45, 2.75) is 20.3 Å². The topological polar surface area (TPSA) is 104 Å². The van der Waals surface area contributed by atoms with Crippen LogP contribution in [0.5, 0.6) is 0 Å². The summed E-state index contributed by atoms with van der Waals surface area (Å²) in [5.41, 5.74) is 4.29. The molecule has 0 radical (unpaired) electrons. The number of nitriles is 1. The summed E-state index contributed by atoms with van der Waals surface area (Å²) in [6.07, 6.45) is 4.72. The Labute approximate surface area is 174 Å². The molecule has 152 valence electrons. The molecule has 1 amide bonds. The van der Waals surface area contributed by atoms with Gasteiger partial charge in [0, 0.05) is 29.4 Å². The van der Waals surface area contributed by atoms with Crippen molar-refractivity contribution < 1.29 is 9.53 Å². The Hall–Kier alpha value is -3.50. The highest BCUT2D eigenvalue weighted by Gasteiger charge is 2.19. The molecule has 7 nitrogen and oxygen atoms in total. The molecule has 0 aromatic carbocycles. The highest BCUT2D eigenvalue weighted by Crippen LogP contribution is 2.27. The summed E-state index contributed by atoms with van der Waals surface area (Å²) in [4.78, 5) is 24.9. The van der Waals surface area contributed by atoms with Crippen LogP contribution in [-0.2, 0) is 4.74 Å². The van der Waals surface area contributed by atoms with Crippen LogP contribution in [0.3, 0.4) is 0 Å². The number of pyridine rings is 2. The summed E-state index contributed by atoms with van der Waals surface area (Å²) in [5.74, 6) is -0.301. The fourth-order valence-electron chi connectivity index (χ4n) is 3.25. The van der Waals surface area contributed by atoms with Gasteiger partial charge in [-0.05, 0) is 50.1 Å². The Morgan fingerprint density at radius 3 is 3.00 bits per heavy atom. The number of ether oxygens (including phenoxy) is 1. The van der Waals surface area contributed by atoms with Crippen molar-refractivity contribution >= 4 is 22.5 Å². The average Bonchev–Trinajstić information content (AvgIpc) is 3.22. The molecule has 0 saturated carbocycles. The molecule has 3 aromatic heterocycles. The standard InChI is InChI=1S/C23H23N5O2/c1-23(2,13-24)14-26-22(29)19-5-3-4-18(27-19)17-10-16-11-20(28-21(16)25-12-17)15-6-8-30-9-7-15/h3-6,10-12H,7-9,14H2,1-2H3,(H,25,28)(H,26,29). The number of rotatable bonds is 5. The van der Waals surface area contributed by atoms with Crippen molar-refractivity contribution in [2.24, 2.45) is 5.41 Å². The van der Waals surface area contributed by atoms with E-state index in [9.17, 15) is 4.79 Å². The Bertz CT molecular complexity index is 1170. The molecule has 4 heterocycles. The van der Waals surface area contributed by atoms with Gasteiger partial charge in [-0.3, -0.25) is 4.79 Å². The Morgan fingerprint density at radius 1 is 1.37 bits per heavy atom. The van der Waals surface area contributed by atoms with Crippen LogP contribution in [0.2, 0.25) is 0 Å². The van der Waals surface area contributed by atoms with Crippen LogP contribution in [0.4, 0.5) is 0 Å². The third-order valence-electron chi connectivity index (χ3n) is 5.05. The van der Waals surface area contributed by atoms with E-state index in [1.807, 2.05) is 12.1 Å². The predicted molar refractivity (Wildman–Crippen MR) is 114 cm³/mol. The van der Waals surface area contributed by atoms with Crippen LogP contribution in [0.15, 0.2) is 42.6 Å². The second kappa shape index (κ2) is 8.09. The Morgan fingerprint density at radius 2 is 2.23 bits per heavy atom. The Balaban J connectivity index is 1.58. The highest BCUT2D eigenvalue weighted by molar-refractivity contribution is 5.93. The van der Waals surface area contributed by atoms with Gasteiger partial charge >= 0.3 is 0 Å². The third kappa shape index (κ3) is 4.24. The molecule has 0 unspecified atom stereocenters.